The topological polar surface area (TPSA) is 181 Å². The van der Waals surface area contributed by atoms with Crippen LogP contribution in [0.3, 0.4) is 0 Å². The molecular weight excluding hydrogens is 414 g/mol. The molecule has 0 fully saturated rings. The predicted molar refractivity (Wildman–Crippen MR) is 103 cm³/mol. The Morgan fingerprint density at radius 1 is 1.00 bits per heavy atom. The van der Waals surface area contributed by atoms with Gasteiger partial charge in [0, 0.05) is 17.7 Å². The molecule has 1 heterocycles. The summed E-state index contributed by atoms with van der Waals surface area (Å²) in [6.45, 7) is 1.92. The quantitative estimate of drug-likeness (QED) is 0.334. The van der Waals surface area contributed by atoms with Crippen molar-refractivity contribution < 1.29 is 28.6 Å². The van der Waals surface area contributed by atoms with E-state index in [1.807, 2.05) is 0 Å². The normalized spacial score (nSPS) is 10.4. The van der Waals surface area contributed by atoms with Gasteiger partial charge in [0.1, 0.15) is 0 Å². The summed E-state index contributed by atoms with van der Waals surface area (Å²) in [6, 6.07) is 8.24. The summed E-state index contributed by atoms with van der Waals surface area (Å²) >= 11 is 0. The summed E-state index contributed by atoms with van der Waals surface area (Å²) in [5.74, 6) is -1.38. The molecule has 3 aromatic rings. The van der Waals surface area contributed by atoms with Crippen molar-refractivity contribution in [3.8, 4) is 11.5 Å². The lowest BCUT2D eigenvalue weighted by Crippen LogP contribution is -2.13. The van der Waals surface area contributed by atoms with Crippen LogP contribution in [0.2, 0.25) is 0 Å². The lowest BCUT2D eigenvalue weighted by atomic mass is 10.1. The van der Waals surface area contributed by atoms with Gasteiger partial charge in [-0.05, 0) is 31.2 Å². The van der Waals surface area contributed by atoms with Gasteiger partial charge in [-0.3, -0.25) is 30.3 Å². The van der Waals surface area contributed by atoms with E-state index in [4.69, 9.17) is 9.15 Å². The van der Waals surface area contributed by atoms with Crippen molar-refractivity contribution >= 4 is 29.3 Å². The number of non-ortho nitro benzene ring substituents is 2. The lowest BCUT2D eigenvalue weighted by Gasteiger charge is -2.02. The van der Waals surface area contributed by atoms with Gasteiger partial charge < -0.3 is 9.15 Å². The Balaban J connectivity index is 1.78. The average Bonchev–Trinajstić information content (AvgIpc) is 3.22. The molecule has 13 nitrogen and oxygen atoms in total. The van der Waals surface area contributed by atoms with Crippen molar-refractivity contribution in [1.82, 2.24) is 10.2 Å². The smallest absolute Gasteiger partial charge is 0.338 e. The van der Waals surface area contributed by atoms with Crippen LogP contribution in [0.4, 0.5) is 17.4 Å². The number of aromatic nitrogens is 2. The highest BCUT2D eigenvalue weighted by molar-refractivity contribution is 6.04. The highest BCUT2D eigenvalue weighted by Gasteiger charge is 2.21. The first kappa shape index (κ1) is 21.0. The third kappa shape index (κ3) is 4.84. The summed E-state index contributed by atoms with van der Waals surface area (Å²) in [5, 5.41) is 31.6. The second-order valence-electron chi connectivity index (χ2n) is 5.92. The molecule has 0 unspecified atom stereocenters. The van der Waals surface area contributed by atoms with E-state index >= 15 is 0 Å². The summed E-state index contributed by atoms with van der Waals surface area (Å²) in [4.78, 5) is 44.2. The van der Waals surface area contributed by atoms with E-state index in [-0.39, 0.29) is 24.1 Å². The molecule has 0 radical (unpaired) electrons. The van der Waals surface area contributed by atoms with E-state index in [1.54, 1.807) is 6.92 Å². The van der Waals surface area contributed by atoms with E-state index < -0.39 is 33.1 Å². The van der Waals surface area contributed by atoms with Gasteiger partial charge in [-0.15, -0.1) is 5.10 Å². The van der Waals surface area contributed by atoms with E-state index in [0.717, 1.165) is 18.2 Å². The number of hydrogen-bond donors (Lipinski definition) is 1. The number of benzene rings is 2. The van der Waals surface area contributed by atoms with E-state index in [9.17, 15) is 29.8 Å². The maximum atomic E-state index is 12.4. The maximum Gasteiger partial charge on any atom is 0.338 e. The van der Waals surface area contributed by atoms with Gasteiger partial charge in [-0.1, -0.05) is 5.10 Å². The maximum absolute atomic E-state index is 12.4. The van der Waals surface area contributed by atoms with Crippen LogP contribution >= 0.6 is 0 Å². The summed E-state index contributed by atoms with van der Waals surface area (Å²) < 4.78 is 10.2. The summed E-state index contributed by atoms with van der Waals surface area (Å²) in [5.41, 5.74) is -0.795. The fourth-order valence-electron chi connectivity index (χ4n) is 2.46. The minimum Gasteiger partial charge on any atom is -0.462 e. The van der Waals surface area contributed by atoms with Crippen LogP contribution in [0.1, 0.15) is 27.6 Å². The van der Waals surface area contributed by atoms with Gasteiger partial charge in [-0.2, -0.15) is 0 Å². The summed E-state index contributed by atoms with van der Waals surface area (Å²) in [7, 11) is 0. The molecule has 0 bridgehead atoms. The van der Waals surface area contributed by atoms with Crippen LogP contribution in [0, 0.1) is 20.2 Å². The molecule has 2 aromatic carbocycles. The molecule has 0 spiro atoms. The molecule has 0 aliphatic heterocycles. The predicted octanol–water partition coefficient (Wildman–Crippen LogP) is 2.98. The highest BCUT2D eigenvalue weighted by atomic mass is 16.6. The van der Waals surface area contributed by atoms with Gasteiger partial charge in [0.15, 0.2) is 0 Å². The molecule has 31 heavy (non-hydrogen) atoms. The lowest BCUT2D eigenvalue weighted by molar-refractivity contribution is -0.394. The number of nitrogens with zero attached hydrogens (tertiary/aromatic N) is 4. The number of hydrogen-bond acceptors (Lipinski definition) is 10. The van der Waals surface area contributed by atoms with E-state index in [2.05, 4.69) is 15.5 Å². The molecule has 1 N–H and O–H groups in total. The molecule has 1 aromatic heterocycles. The number of carbonyl (C=O) groups excluding carboxylic acids is 2. The Kier molecular flexibility index (Phi) is 5.95. The van der Waals surface area contributed by atoms with Gasteiger partial charge >= 0.3 is 12.0 Å². The number of nitro groups is 2. The fraction of sp³-hybridized carbons (Fsp3) is 0.111. The monoisotopic (exact) mass is 427 g/mol. The third-order valence-electron chi connectivity index (χ3n) is 3.87. The second kappa shape index (κ2) is 8.77. The number of rotatable bonds is 7. The number of amides is 1. The first-order valence-electron chi connectivity index (χ1n) is 8.64. The number of esters is 1. The Morgan fingerprint density at radius 2 is 1.61 bits per heavy atom. The molecule has 0 aliphatic carbocycles. The van der Waals surface area contributed by atoms with E-state index in [1.165, 1.54) is 24.3 Å². The molecule has 13 heteroatoms. The highest BCUT2D eigenvalue weighted by Crippen LogP contribution is 2.24. The van der Waals surface area contributed by atoms with Crippen LogP contribution in [0.15, 0.2) is 46.9 Å². The number of nitrogens with one attached hydrogen (secondary N) is 1. The van der Waals surface area contributed by atoms with Gasteiger partial charge in [0.25, 0.3) is 17.3 Å². The zero-order valence-corrected chi connectivity index (χ0v) is 15.8. The molecule has 0 saturated heterocycles. The Hall–Kier alpha value is -4.68. The van der Waals surface area contributed by atoms with Crippen molar-refractivity contribution in [3.05, 3.63) is 73.8 Å². The Morgan fingerprint density at radius 3 is 2.16 bits per heavy atom. The average molecular weight is 427 g/mol. The Bertz CT molecular complexity index is 1140. The molecule has 0 atom stereocenters. The minimum absolute atomic E-state index is 0.0238. The second-order valence-corrected chi connectivity index (χ2v) is 5.92. The molecule has 3 rings (SSSR count). The van der Waals surface area contributed by atoms with Crippen molar-refractivity contribution in [1.29, 1.82) is 0 Å². The number of ether oxygens (including phenoxy) is 1. The first-order valence-corrected chi connectivity index (χ1v) is 8.64. The number of carbonyl (C=O) groups is 2. The number of anilines is 1. The van der Waals surface area contributed by atoms with Crippen LogP contribution in [-0.4, -0.2) is 38.5 Å². The van der Waals surface area contributed by atoms with Crippen molar-refractivity contribution in [2.24, 2.45) is 0 Å². The Labute approximate surface area is 172 Å². The minimum atomic E-state index is -0.917. The molecular formula is C18H13N5O8. The fourth-order valence-corrected chi connectivity index (χ4v) is 2.46. The largest absolute Gasteiger partial charge is 0.462 e. The van der Waals surface area contributed by atoms with Gasteiger partial charge in [0.05, 0.1) is 33.6 Å². The van der Waals surface area contributed by atoms with Crippen molar-refractivity contribution in [2.75, 3.05) is 11.9 Å². The van der Waals surface area contributed by atoms with Crippen LogP contribution in [-0.2, 0) is 4.74 Å². The van der Waals surface area contributed by atoms with E-state index in [0.29, 0.717) is 11.1 Å². The van der Waals surface area contributed by atoms with Crippen LogP contribution in [0.25, 0.3) is 11.5 Å². The molecule has 0 saturated carbocycles. The van der Waals surface area contributed by atoms with Crippen LogP contribution < -0.4 is 5.32 Å². The standard InChI is InChI=1S/C18H13N5O8/c1-2-30-17(25)11-5-3-10(4-6-11)16-20-21-18(31-16)19-15(24)12-7-13(22(26)27)9-14(8-12)23(28)29/h3-9H,2H2,1H3,(H,19,21,24). The van der Waals surface area contributed by atoms with Gasteiger partial charge in [-0.25, -0.2) is 4.79 Å². The molecule has 0 aliphatic rings. The van der Waals surface area contributed by atoms with Crippen molar-refractivity contribution in [3.63, 3.8) is 0 Å². The SMILES string of the molecule is CCOC(=O)c1ccc(-c2nnc(NC(=O)c3cc([N+](=O)[O-])cc([N+](=O)[O-])c3)o2)cc1. The molecule has 158 valence electrons. The molecule has 1 amide bonds. The third-order valence-corrected chi connectivity index (χ3v) is 3.87. The number of nitro benzene ring substituents is 2. The van der Waals surface area contributed by atoms with Crippen molar-refractivity contribution in [2.45, 2.75) is 6.92 Å². The zero-order chi connectivity index (χ0) is 22.5. The van der Waals surface area contributed by atoms with Crippen LogP contribution in [0.5, 0.6) is 0 Å². The van der Waals surface area contributed by atoms with Gasteiger partial charge in [0.2, 0.25) is 5.89 Å². The summed E-state index contributed by atoms with van der Waals surface area (Å²) in [6.07, 6.45) is 0. The first-order chi connectivity index (χ1) is 14.8. The zero-order valence-electron chi connectivity index (χ0n) is 15.8.